The van der Waals surface area contributed by atoms with Crippen LogP contribution in [0.1, 0.15) is 5.56 Å². The van der Waals surface area contributed by atoms with E-state index in [9.17, 15) is 0 Å². The molecule has 0 amide bonds. The molecule has 1 heterocycles. The summed E-state index contributed by atoms with van der Waals surface area (Å²) in [6.07, 6.45) is -0.199. The zero-order valence-electron chi connectivity index (χ0n) is 8.27. The predicted octanol–water partition coefficient (Wildman–Crippen LogP) is 2.34. The molecule has 82 valence electrons. The van der Waals surface area contributed by atoms with Crippen LogP contribution in [-0.4, -0.2) is 23.6 Å². The number of benzene rings is 1. The summed E-state index contributed by atoms with van der Waals surface area (Å²) in [5.41, 5.74) is 1.17. The van der Waals surface area contributed by atoms with Gasteiger partial charge < -0.3 is 14.2 Å². The van der Waals surface area contributed by atoms with Crippen LogP contribution < -0.4 is 0 Å². The van der Waals surface area contributed by atoms with Gasteiger partial charge in [-0.1, -0.05) is 30.3 Å². The third-order valence-electron chi connectivity index (χ3n) is 2.08. The molecule has 15 heavy (non-hydrogen) atoms. The van der Waals surface area contributed by atoms with E-state index in [1.807, 2.05) is 30.3 Å². The van der Waals surface area contributed by atoms with Crippen molar-refractivity contribution in [3.8, 4) is 0 Å². The van der Waals surface area contributed by atoms with Gasteiger partial charge in [-0.2, -0.15) is 0 Å². The summed E-state index contributed by atoms with van der Waals surface area (Å²) in [4.78, 5) is 0. The topological polar surface area (TPSA) is 27.7 Å². The van der Waals surface area contributed by atoms with Crippen LogP contribution in [0.15, 0.2) is 30.3 Å². The van der Waals surface area contributed by atoms with E-state index < -0.39 is 0 Å². The van der Waals surface area contributed by atoms with Crippen molar-refractivity contribution in [3.63, 3.8) is 0 Å². The monoisotopic (exact) mass is 320 g/mol. The fourth-order valence-corrected chi connectivity index (χ4v) is 1.90. The summed E-state index contributed by atoms with van der Waals surface area (Å²) < 4.78 is 16.4. The molecule has 2 atom stereocenters. The molecule has 1 fully saturated rings. The van der Waals surface area contributed by atoms with Crippen LogP contribution in [0, 0.1) is 0 Å². The third-order valence-corrected chi connectivity index (χ3v) is 2.73. The third kappa shape index (κ3) is 3.71. The first-order valence-electron chi connectivity index (χ1n) is 4.87. The van der Waals surface area contributed by atoms with Crippen molar-refractivity contribution in [1.29, 1.82) is 0 Å². The summed E-state index contributed by atoms with van der Waals surface area (Å²) in [6.45, 7) is 1.75. The minimum absolute atomic E-state index is 0.160. The lowest BCUT2D eigenvalue weighted by molar-refractivity contribution is -0.0990. The molecule has 1 aliphatic rings. The van der Waals surface area contributed by atoms with Gasteiger partial charge in [-0.25, -0.2) is 0 Å². The number of halogens is 1. The normalized spacial score (nSPS) is 25.7. The summed E-state index contributed by atoms with van der Waals surface area (Å²) in [5, 5.41) is 0. The lowest BCUT2D eigenvalue weighted by Crippen LogP contribution is -2.16. The van der Waals surface area contributed by atoms with E-state index in [1.165, 1.54) is 5.56 Å². The van der Waals surface area contributed by atoms with Crippen LogP contribution in [-0.2, 0) is 20.8 Å². The van der Waals surface area contributed by atoms with Crippen LogP contribution in [0.2, 0.25) is 0 Å². The largest absolute Gasteiger partial charge is 0.371 e. The van der Waals surface area contributed by atoms with Crippen LogP contribution in [0.25, 0.3) is 0 Å². The number of rotatable bonds is 4. The van der Waals surface area contributed by atoms with Gasteiger partial charge in [-0.15, -0.1) is 0 Å². The van der Waals surface area contributed by atoms with Gasteiger partial charge in [0, 0.05) is 0 Å². The summed E-state index contributed by atoms with van der Waals surface area (Å²) in [7, 11) is 0. The van der Waals surface area contributed by atoms with Gasteiger partial charge in [-0.3, -0.25) is 0 Å². The molecule has 0 bridgehead atoms. The molecule has 1 aromatic carbocycles. The fraction of sp³-hybridized carbons (Fsp3) is 0.455. The van der Waals surface area contributed by atoms with E-state index in [1.54, 1.807) is 0 Å². The van der Waals surface area contributed by atoms with Gasteiger partial charge in [0.15, 0.2) is 6.29 Å². The molecule has 1 aliphatic heterocycles. The molecule has 0 aromatic heterocycles. The number of alkyl halides is 1. The fourth-order valence-electron chi connectivity index (χ4n) is 1.36. The molecule has 0 spiro atoms. The van der Waals surface area contributed by atoms with Crippen molar-refractivity contribution in [1.82, 2.24) is 0 Å². The highest BCUT2D eigenvalue weighted by molar-refractivity contribution is 14.1. The van der Waals surface area contributed by atoms with Crippen molar-refractivity contribution in [2.45, 2.75) is 17.0 Å². The summed E-state index contributed by atoms with van der Waals surface area (Å²) in [6, 6.07) is 10.1. The quantitative estimate of drug-likeness (QED) is 0.630. The lowest BCUT2D eigenvalue weighted by Gasteiger charge is -2.09. The molecule has 2 rings (SSSR count). The molecular weight excluding hydrogens is 307 g/mol. The van der Waals surface area contributed by atoms with Crippen LogP contribution in [0.5, 0.6) is 0 Å². The Kier molecular flexibility index (Phi) is 4.37. The second-order valence-electron chi connectivity index (χ2n) is 3.31. The maximum Gasteiger partial charge on any atom is 0.182 e. The van der Waals surface area contributed by atoms with E-state index in [0.717, 1.165) is 0 Å². The SMILES string of the molecule is IC1CO[C@H](COCc2ccccc2)O1. The Morgan fingerprint density at radius 1 is 1.33 bits per heavy atom. The van der Waals surface area contributed by atoms with E-state index in [-0.39, 0.29) is 10.4 Å². The van der Waals surface area contributed by atoms with Gasteiger partial charge in [0.2, 0.25) is 0 Å². The highest BCUT2D eigenvalue weighted by Gasteiger charge is 2.23. The molecule has 1 aromatic rings. The Balaban J connectivity index is 1.67. The van der Waals surface area contributed by atoms with Crippen molar-refractivity contribution in [2.24, 2.45) is 0 Å². The first kappa shape index (κ1) is 11.3. The zero-order chi connectivity index (χ0) is 10.5. The first-order chi connectivity index (χ1) is 7.34. The zero-order valence-corrected chi connectivity index (χ0v) is 10.4. The molecular formula is C11H13IO3. The molecule has 4 heteroatoms. The van der Waals surface area contributed by atoms with Gasteiger partial charge in [0.1, 0.15) is 4.11 Å². The molecule has 1 saturated heterocycles. The Hall–Kier alpha value is -0.170. The number of hydrogen-bond acceptors (Lipinski definition) is 3. The molecule has 0 N–H and O–H groups in total. The molecule has 0 aliphatic carbocycles. The lowest BCUT2D eigenvalue weighted by atomic mass is 10.2. The second-order valence-corrected chi connectivity index (χ2v) is 4.70. The Labute approximate surface area is 103 Å². The Morgan fingerprint density at radius 3 is 2.80 bits per heavy atom. The predicted molar refractivity (Wildman–Crippen MR) is 64.7 cm³/mol. The smallest absolute Gasteiger partial charge is 0.182 e. The van der Waals surface area contributed by atoms with E-state index >= 15 is 0 Å². The Morgan fingerprint density at radius 2 is 2.13 bits per heavy atom. The molecule has 3 nitrogen and oxygen atoms in total. The molecule has 0 saturated carbocycles. The Bertz CT molecular complexity index is 291. The van der Waals surface area contributed by atoms with E-state index in [0.29, 0.717) is 19.8 Å². The minimum Gasteiger partial charge on any atom is -0.371 e. The first-order valence-corrected chi connectivity index (χ1v) is 6.12. The van der Waals surface area contributed by atoms with Crippen molar-refractivity contribution in [2.75, 3.05) is 13.2 Å². The van der Waals surface area contributed by atoms with Gasteiger partial charge in [0.25, 0.3) is 0 Å². The van der Waals surface area contributed by atoms with Crippen molar-refractivity contribution >= 4 is 22.6 Å². The number of hydrogen-bond donors (Lipinski definition) is 0. The highest BCUT2D eigenvalue weighted by Crippen LogP contribution is 2.17. The standard InChI is InChI=1S/C11H13IO3/c12-10-7-14-11(15-10)8-13-6-9-4-2-1-3-5-9/h1-5,10-11H,6-8H2/t10?,11-/m0/s1. The van der Waals surface area contributed by atoms with Crippen molar-refractivity contribution < 1.29 is 14.2 Å². The van der Waals surface area contributed by atoms with Crippen LogP contribution >= 0.6 is 22.6 Å². The molecule has 1 unspecified atom stereocenters. The van der Waals surface area contributed by atoms with Crippen LogP contribution in [0.3, 0.4) is 0 Å². The van der Waals surface area contributed by atoms with Gasteiger partial charge in [0.05, 0.1) is 19.8 Å². The summed E-state index contributed by atoms with van der Waals surface area (Å²) in [5.74, 6) is 0. The van der Waals surface area contributed by atoms with E-state index in [4.69, 9.17) is 14.2 Å². The van der Waals surface area contributed by atoms with E-state index in [2.05, 4.69) is 22.6 Å². The minimum atomic E-state index is -0.199. The maximum absolute atomic E-state index is 5.50. The van der Waals surface area contributed by atoms with Gasteiger partial charge in [-0.05, 0) is 28.2 Å². The van der Waals surface area contributed by atoms with Crippen molar-refractivity contribution in [3.05, 3.63) is 35.9 Å². The average Bonchev–Trinajstić information content (AvgIpc) is 2.66. The number of ether oxygens (including phenoxy) is 3. The molecule has 0 radical (unpaired) electrons. The summed E-state index contributed by atoms with van der Waals surface area (Å²) >= 11 is 2.21. The maximum atomic E-state index is 5.50. The second kappa shape index (κ2) is 5.79. The average molecular weight is 320 g/mol. The highest BCUT2D eigenvalue weighted by atomic mass is 127. The van der Waals surface area contributed by atoms with Gasteiger partial charge >= 0.3 is 0 Å². The van der Waals surface area contributed by atoms with Crippen LogP contribution in [0.4, 0.5) is 0 Å².